The summed E-state index contributed by atoms with van der Waals surface area (Å²) in [6.07, 6.45) is -2.85. The van der Waals surface area contributed by atoms with Crippen LogP contribution < -0.4 is 25.4 Å². The van der Waals surface area contributed by atoms with Gasteiger partial charge in [0.25, 0.3) is 0 Å². The Bertz CT molecular complexity index is 1150. The molecule has 3 heterocycles. The summed E-state index contributed by atoms with van der Waals surface area (Å²) >= 11 is 0. The molecule has 2 aromatic heterocycles. The third-order valence-electron chi connectivity index (χ3n) is 4.56. The van der Waals surface area contributed by atoms with Crippen molar-refractivity contribution in [3.05, 3.63) is 30.0 Å². The summed E-state index contributed by atoms with van der Waals surface area (Å²) in [5.41, 5.74) is -0.136. The number of fused-ring (bicyclic) bond motifs is 2. The Balaban J connectivity index is 1.79. The van der Waals surface area contributed by atoms with Crippen LogP contribution in [0.15, 0.2) is 24.4 Å². The van der Waals surface area contributed by atoms with Crippen molar-refractivity contribution in [3.63, 3.8) is 0 Å². The van der Waals surface area contributed by atoms with E-state index >= 15 is 0 Å². The minimum atomic E-state index is -4.57. The van der Waals surface area contributed by atoms with Gasteiger partial charge in [-0.15, -0.1) is 0 Å². The molecule has 0 saturated carbocycles. The maximum Gasteiger partial charge on any atom is 0.416 e. The van der Waals surface area contributed by atoms with E-state index in [1.54, 1.807) is 20.0 Å². The van der Waals surface area contributed by atoms with Gasteiger partial charge >= 0.3 is 6.18 Å². The number of nitrogens with zero attached hydrogens (tertiary/aromatic N) is 3. The fraction of sp³-hybridized carbons (Fsp3) is 0.316. The number of halogens is 3. The number of ether oxygens (including phenoxy) is 2. The SMILES string of the molecule is CCC(=O)Nc1cnn2c(NC)cc(Nc3cc(C(F)(F)F)cc4c3OCCO4)nc12. The van der Waals surface area contributed by atoms with Crippen LogP contribution in [0.25, 0.3) is 5.65 Å². The van der Waals surface area contributed by atoms with Gasteiger partial charge in [0, 0.05) is 19.5 Å². The Hall–Kier alpha value is -3.70. The Morgan fingerprint density at radius 1 is 1.19 bits per heavy atom. The molecule has 1 aliphatic heterocycles. The zero-order valence-electron chi connectivity index (χ0n) is 16.6. The highest BCUT2D eigenvalue weighted by atomic mass is 19.4. The second kappa shape index (κ2) is 7.85. The van der Waals surface area contributed by atoms with Gasteiger partial charge in [-0.2, -0.15) is 22.8 Å². The van der Waals surface area contributed by atoms with Crippen molar-refractivity contribution in [1.29, 1.82) is 0 Å². The number of rotatable bonds is 5. The standard InChI is InChI=1S/C19H19F3N6O3/c1-3-16(29)26-12-9-24-28-15(23-2)8-14(27-18(12)28)25-11-6-10(19(20,21)22)7-13-17(11)31-5-4-30-13/h6-9,23H,3-5H2,1-2H3,(H,25,27)(H,26,29). The quantitative estimate of drug-likeness (QED) is 0.561. The van der Waals surface area contributed by atoms with E-state index < -0.39 is 11.7 Å². The summed E-state index contributed by atoms with van der Waals surface area (Å²) in [5.74, 6) is 0.666. The van der Waals surface area contributed by atoms with Gasteiger partial charge in [0.1, 0.15) is 30.5 Å². The molecular formula is C19H19F3N6O3. The zero-order chi connectivity index (χ0) is 22.2. The number of carbonyl (C=O) groups excluding carboxylic acids is 1. The number of carbonyl (C=O) groups is 1. The number of amides is 1. The van der Waals surface area contributed by atoms with Gasteiger partial charge in [-0.25, -0.2) is 4.98 Å². The van der Waals surface area contributed by atoms with Crippen molar-refractivity contribution >= 4 is 34.6 Å². The van der Waals surface area contributed by atoms with Gasteiger partial charge in [0.05, 0.1) is 17.4 Å². The molecule has 1 amide bonds. The molecule has 0 spiro atoms. The van der Waals surface area contributed by atoms with Crippen LogP contribution in [0.1, 0.15) is 18.9 Å². The van der Waals surface area contributed by atoms with Crippen LogP contribution in [0.2, 0.25) is 0 Å². The predicted octanol–water partition coefficient (Wildman–Crippen LogP) is 3.65. The summed E-state index contributed by atoms with van der Waals surface area (Å²) < 4.78 is 52.5. The van der Waals surface area contributed by atoms with E-state index in [-0.39, 0.29) is 48.5 Å². The fourth-order valence-corrected chi connectivity index (χ4v) is 3.08. The third kappa shape index (κ3) is 4.00. The van der Waals surface area contributed by atoms with E-state index in [2.05, 4.69) is 26.0 Å². The molecule has 3 aromatic rings. The average Bonchev–Trinajstić information content (AvgIpc) is 3.15. The van der Waals surface area contributed by atoms with Crippen LogP contribution in [-0.4, -0.2) is 40.8 Å². The molecule has 9 nitrogen and oxygen atoms in total. The summed E-state index contributed by atoms with van der Waals surface area (Å²) in [5, 5.41) is 12.7. The molecule has 0 fully saturated rings. The van der Waals surface area contributed by atoms with Gasteiger partial charge in [-0.1, -0.05) is 6.92 Å². The predicted molar refractivity (Wildman–Crippen MR) is 107 cm³/mol. The van der Waals surface area contributed by atoms with Gasteiger partial charge in [-0.3, -0.25) is 4.79 Å². The molecule has 31 heavy (non-hydrogen) atoms. The summed E-state index contributed by atoms with van der Waals surface area (Å²) in [4.78, 5) is 16.2. The first-order valence-electron chi connectivity index (χ1n) is 9.44. The zero-order valence-corrected chi connectivity index (χ0v) is 16.6. The molecule has 0 saturated heterocycles. The molecule has 0 bridgehead atoms. The summed E-state index contributed by atoms with van der Waals surface area (Å²) in [6, 6.07) is 3.42. The molecule has 0 unspecified atom stereocenters. The maximum atomic E-state index is 13.4. The van der Waals surface area contributed by atoms with Gasteiger partial charge in [-0.05, 0) is 12.1 Å². The van der Waals surface area contributed by atoms with E-state index in [1.807, 2.05) is 0 Å². The molecule has 4 rings (SSSR count). The number of benzene rings is 1. The molecule has 12 heteroatoms. The first-order valence-corrected chi connectivity index (χ1v) is 9.44. The van der Waals surface area contributed by atoms with E-state index in [0.717, 1.165) is 12.1 Å². The van der Waals surface area contributed by atoms with Crippen molar-refractivity contribution in [1.82, 2.24) is 14.6 Å². The minimum absolute atomic E-state index is 0.00116. The third-order valence-corrected chi connectivity index (χ3v) is 4.56. The molecule has 1 aromatic carbocycles. The van der Waals surface area contributed by atoms with Gasteiger partial charge in [0.15, 0.2) is 17.1 Å². The molecular weight excluding hydrogens is 417 g/mol. The molecule has 1 aliphatic rings. The Morgan fingerprint density at radius 2 is 1.97 bits per heavy atom. The second-order valence-corrected chi connectivity index (χ2v) is 6.64. The number of nitrogens with one attached hydrogen (secondary N) is 3. The molecule has 164 valence electrons. The minimum Gasteiger partial charge on any atom is -0.486 e. The van der Waals surface area contributed by atoms with Crippen LogP contribution in [0.3, 0.4) is 0 Å². The normalized spacial score (nSPS) is 13.2. The van der Waals surface area contributed by atoms with E-state index in [4.69, 9.17) is 9.47 Å². The topological polar surface area (TPSA) is 102 Å². The molecule has 0 atom stereocenters. The largest absolute Gasteiger partial charge is 0.486 e. The lowest BCUT2D eigenvalue weighted by Crippen LogP contribution is -2.18. The first kappa shape index (κ1) is 20.6. The lowest BCUT2D eigenvalue weighted by molar-refractivity contribution is -0.137. The molecule has 3 N–H and O–H groups in total. The fourth-order valence-electron chi connectivity index (χ4n) is 3.08. The number of alkyl halides is 3. The van der Waals surface area contributed by atoms with Crippen molar-refractivity contribution in [2.24, 2.45) is 0 Å². The summed E-state index contributed by atoms with van der Waals surface area (Å²) in [7, 11) is 1.66. The van der Waals surface area contributed by atoms with Crippen molar-refractivity contribution < 1.29 is 27.4 Å². The first-order chi connectivity index (χ1) is 14.8. The number of aromatic nitrogens is 3. The lowest BCUT2D eigenvalue weighted by atomic mass is 10.1. The smallest absolute Gasteiger partial charge is 0.416 e. The Morgan fingerprint density at radius 3 is 2.68 bits per heavy atom. The average molecular weight is 436 g/mol. The van der Waals surface area contributed by atoms with Crippen LogP contribution in [0.4, 0.5) is 36.2 Å². The monoisotopic (exact) mass is 436 g/mol. The Labute approximate surface area is 174 Å². The molecule has 0 aliphatic carbocycles. The van der Waals surface area contributed by atoms with Gasteiger partial charge in [0.2, 0.25) is 5.91 Å². The van der Waals surface area contributed by atoms with Crippen LogP contribution in [0.5, 0.6) is 11.5 Å². The van der Waals surface area contributed by atoms with E-state index in [1.165, 1.54) is 10.7 Å². The number of hydrogen-bond donors (Lipinski definition) is 3. The highest BCUT2D eigenvalue weighted by Crippen LogP contribution is 2.44. The second-order valence-electron chi connectivity index (χ2n) is 6.64. The van der Waals surface area contributed by atoms with Crippen molar-refractivity contribution in [3.8, 4) is 11.5 Å². The van der Waals surface area contributed by atoms with Crippen molar-refractivity contribution in [2.45, 2.75) is 19.5 Å². The van der Waals surface area contributed by atoms with Gasteiger partial charge < -0.3 is 25.4 Å². The Kier molecular flexibility index (Phi) is 5.21. The highest BCUT2D eigenvalue weighted by molar-refractivity contribution is 5.94. The van der Waals surface area contributed by atoms with Crippen LogP contribution >= 0.6 is 0 Å². The highest BCUT2D eigenvalue weighted by Gasteiger charge is 2.34. The van der Waals surface area contributed by atoms with E-state index in [0.29, 0.717) is 17.2 Å². The van der Waals surface area contributed by atoms with Crippen LogP contribution in [-0.2, 0) is 11.0 Å². The number of hydrogen-bond acceptors (Lipinski definition) is 7. The molecule has 0 radical (unpaired) electrons. The van der Waals surface area contributed by atoms with Crippen molar-refractivity contribution in [2.75, 3.05) is 36.2 Å². The maximum absolute atomic E-state index is 13.4. The summed E-state index contributed by atoms with van der Waals surface area (Å²) in [6.45, 7) is 2.06. The lowest BCUT2D eigenvalue weighted by Gasteiger charge is -2.23. The number of anilines is 4. The van der Waals surface area contributed by atoms with E-state index in [9.17, 15) is 18.0 Å². The van der Waals surface area contributed by atoms with Crippen LogP contribution in [0, 0.1) is 0 Å².